The fourth-order valence-corrected chi connectivity index (χ4v) is 1.52. The van der Waals surface area contributed by atoms with Gasteiger partial charge in [-0.3, -0.25) is 0 Å². The first-order valence-corrected chi connectivity index (χ1v) is 5.17. The summed E-state index contributed by atoms with van der Waals surface area (Å²) in [5.74, 6) is 0. The van der Waals surface area contributed by atoms with E-state index in [0.29, 0.717) is 0 Å². The molecule has 1 nitrogen and oxygen atoms in total. The Morgan fingerprint density at radius 3 is 2.67 bits per heavy atom. The summed E-state index contributed by atoms with van der Waals surface area (Å²) in [4.78, 5) is 0. The molecule has 0 saturated heterocycles. The van der Waals surface area contributed by atoms with E-state index in [1.54, 1.807) is 6.07 Å². The minimum Gasteiger partial charge on any atom is -0.380 e. The van der Waals surface area contributed by atoms with Crippen LogP contribution >= 0.6 is 11.6 Å². The molecule has 2 rings (SSSR count). The molecule has 0 aliphatic carbocycles. The molecule has 0 heterocycles. The van der Waals surface area contributed by atoms with Crippen LogP contribution in [-0.2, 0) is 6.54 Å². The van der Waals surface area contributed by atoms with Gasteiger partial charge in [-0.25, -0.2) is 0 Å². The normalized spacial score (nSPS) is 9.93. The Morgan fingerprint density at radius 1 is 1.13 bits per heavy atom. The van der Waals surface area contributed by atoms with E-state index >= 15 is 0 Å². The van der Waals surface area contributed by atoms with Crippen LogP contribution in [0.5, 0.6) is 0 Å². The molecule has 0 bridgehead atoms. The highest BCUT2D eigenvalue weighted by molar-refractivity contribution is 6.33. The van der Waals surface area contributed by atoms with Crippen molar-refractivity contribution < 1.29 is 0 Å². The highest BCUT2D eigenvalue weighted by Crippen LogP contribution is 2.20. The van der Waals surface area contributed by atoms with Crippen molar-refractivity contribution in [3.8, 4) is 0 Å². The molecule has 0 aromatic heterocycles. The number of halogens is 1. The van der Waals surface area contributed by atoms with Crippen molar-refractivity contribution in [3.05, 3.63) is 65.2 Å². The fourth-order valence-electron chi connectivity index (χ4n) is 1.34. The van der Waals surface area contributed by atoms with Crippen molar-refractivity contribution in [1.29, 1.82) is 0 Å². The maximum Gasteiger partial charge on any atom is 0.0638 e. The Morgan fingerprint density at radius 2 is 1.93 bits per heavy atom. The number of rotatable bonds is 3. The van der Waals surface area contributed by atoms with E-state index < -0.39 is 0 Å². The Balaban J connectivity index is 2.03. The topological polar surface area (TPSA) is 12.0 Å². The van der Waals surface area contributed by atoms with Crippen LogP contribution in [0.3, 0.4) is 0 Å². The highest BCUT2D eigenvalue weighted by Gasteiger charge is 1.97. The lowest BCUT2D eigenvalue weighted by Gasteiger charge is -2.07. The fraction of sp³-hybridized carbons (Fsp3) is 0.0769. The van der Waals surface area contributed by atoms with Gasteiger partial charge in [-0.1, -0.05) is 48.0 Å². The van der Waals surface area contributed by atoms with Gasteiger partial charge >= 0.3 is 0 Å². The Labute approximate surface area is 94.7 Å². The van der Waals surface area contributed by atoms with Gasteiger partial charge in [-0.05, 0) is 23.8 Å². The van der Waals surface area contributed by atoms with E-state index in [2.05, 4.69) is 23.5 Å². The van der Waals surface area contributed by atoms with Crippen LogP contribution in [0.4, 0.5) is 5.69 Å². The zero-order chi connectivity index (χ0) is 10.5. The predicted molar refractivity (Wildman–Crippen MR) is 64.1 cm³/mol. The first-order valence-electron chi connectivity index (χ1n) is 4.79. The molecule has 75 valence electrons. The van der Waals surface area contributed by atoms with Crippen molar-refractivity contribution in [1.82, 2.24) is 0 Å². The van der Waals surface area contributed by atoms with Crippen LogP contribution in [0, 0.1) is 6.07 Å². The van der Waals surface area contributed by atoms with Gasteiger partial charge in [-0.15, -0.1) is 0 Å². The molecule has 0 unspecified atom stereocenters. The maximum atomic E-state index is 6.01. The van der Waals surface area contributed by atoms with Gasteiger partial charge < -0.3 is 5.32 Å². The quantitative estimate of drug-likeness (QED) is 0.824. The molecular weight excluding hydrogens is 206 g/mol. The predicted octanol–water partition coefficient (Wildman–Crippen LogP) is 3.75. The molecule has 0 aliphatic rings. The van der Waals surface area contributed by atoms with E-state index in [1.165, 1.54) is 5.56 Å². The van der Waals surface area contributed by atoms with Crippen LogP contribution in [0.25, 0.3) is 0 Å². The van der Waals surface area contributed by atoms with Crippen molar-refractivity contribution >= 4 is 17.3 Å². The summed E-state index contributed by atoms with van der Waals surface area (Å²) in [7, 11) is 0. The summed E-state index contributed by atoms with van der Waals surface area (Å²) < 4.78 is 0. The van der Waals surface area contributed by atoms with Crippen LogP contribution in [0.1, 0.15) is 5.56 Å². The van der Waals surface area contributed by atoms with E-state index in [4.69, 9.17) is 11.6 Å². The standard InChI is InChI=1S/C13H11ClN/c14-12-8-4-5-9-13(12)15-10-11-6-2-1-3-7-11/h1-4,6-9,15H,10H2. The third kappa shape index (κ3) is 2.74. The molecule has 1 N–H and O–H groups in total. The third-order valence-electron chi connectivity index (χ3n) is 2.14. The van der Waals surface area contributed by atoms with Gasteiger partial charge in [-0.2, -0.15) is 0 Å². The first-order chi connectivity index (χ1) is 7.36. The summed E-state index contributed by atoms with van der Waals surface area (Å²) in [6, 6.07) is 18.7. The summed E-state index contributed by atoms with van der Waals surface area (Å²) in [6.07, 6.45) is 0. The summed E-state index contributed by atoms with van der Waals surface area (Å²) in [6.45, 7) is 0.776. The van der Waals surface area contributed by atoms with Gasteiger partial charge in [0.2, 0.25) is 0 Å². The number of nitrogens with one attached hydrogen (secondary N) is 1. The zero-order valence-corrected chi connectivity index (χ0v) is 8.96. The van der Waals surface area contributed by atoms with Crippen molar-refractivity contribution in [2.24, 2.45) is 0 Å². The molecule has 2 heteroatoms. The molecule has 2 aromatic rings. The number of hydrogen-bond donors (Lipinski definition) is 1. The van der Waals surface area contributed by atoms with E-state index in [0.717, 1.165) is 17.3 Å². The molecule has 0 atom stereocenters. The Hall–Kier alpha value is -1.47. The van der Waals surface area contributed by atoms with Gasteiger partial charge in [0.15, 0.2) is 0 Å². The maximum absolute atomic E-state index is 6.01. The average Bonchev–Trinajstić information content (AvgIpc) is 2.29. The van der Waals surface area contributed by atoms with Gasteiger partial charge in [0.25, 0.3) is 0 Å². The molecule has 0 spiro atoms. The van der Waals surface area contributed by atoms with Crippen molar-refractivity contribution in [3.63, 3.8) is 0 Å². The van der Waals surface area contributed by atoms with Gasteiger partial charge in [0, 0.05) is 6.54 Å². The van der Waals surface area contributed by atoms with Crippen LogP contribution in [-0.4, -0.2) is 0 Å². The van der Waals surface area contributed by atoms with Crippen molar-refractivity contribution in [2.45, 2.75) is 6.54 Å². The van der Waals surface area contributed by atoms with Crippen molar-refractivity contribution in [2.75, 3.05) is 5.32 Å². The average molecular weight is 217 g/mol. The van der Waals surface area contributed by atoms with E-state index in [1.807, 2.05) is 30.3 Å². The van der Waals surface area contributed by atoms with Crippen LogP contribution in [0.2, 0.25) is 5.02 Å². The van der Waals surface area contributed by atoms with E-state index in [-0.39, 0.29) is 0 Å². The largest absolute Gasteiger partial charge is 0.380 e. The van der Waals surface area contributed by atoms with Gasteiger partial charge in [0.05, 0.1) is 10.7 Å². The third-order valence-corrected chi connectivity index (χ3v) is 2.47. The smallest absolute Gasteiger partial charge is 0.0638 e. The first kappa shape index (κ1) is 10.1. The molecule has 2 aromatic carbocycles. The Bertz CT molecular complexity index is 426. The summed E-state index contributed by atoms with van der Waals surface area (Å²) in [5.41, 5.74) is 2.15. The molecule has 1 radical (unpaired) electrons. The molecule has 15 heavy (non-hydrogen) atoms. The molecule has 0 amide bonds. The number of benzene rings is 2. The second-order valence-electron chi connectivity index (χ2n) is 3.25. The summed E-state index contributed by atoms with van der Waals surface area (Å²) >= 11 is 6.01. The lowest BCUT2D eigenvalue weighted by Crippen LogP contribution is -1.99. The molecular formula is C13H11ClN. The van der Waals surface area contributed by atoms with E-state index in [9.17, 15) is 0 Å². The zero-order valence-electron chi connectivity index (χ0n) is 8.20. The molecule has 0 aliphatic heterocycles. The lowest BCUT2D eigenvalue weighted by molar-refractivity contribution is 1.15. The number of anilines is 1. The minimum atomic E-state index is 0.727. The number of hydrogen-bond acceptors (Lipinski definition) is 1. The Kier molecular flexibility index (Phi) is 3.25. The lowest BCUT2D eigenvalue weighted by atomic mass is 10.2. The highest BCUT2D eigenvalue weighted by atomic mass is 35.5. The second kappa shape index (κ2) is 4.85. The second-order valence-corrected chi connectivity index (χ2v) is 3.65. The van der Waals surface area contributed by atoms with Crippen LogP contribution in [0.15, 0.2) is 48.5 Å². The van der Waals surface area contributed by atoms with Crippen LogP contribution < -0.4 is 5.32 Å². The SMILES string of the molecule is Clc1cc[c]cc1NCc1ccccc1. The summed E-state index contributed by atoms with van der Waals surface area (Å²) in [5, 5.41) is 3.99. The van der Waals surface area contributed by atoms with Gasteiger partial charge in [0.1, 0.15) is 0 Å². The monoisotopic (exact) mass is 216 g/mol. The minimum absolute atomic E-state index is 0.727. The molecule has 0 saturated carbocycles. The molecule has 0 fully saturated rings.